The average molecular weight is 362 g/mol. The molecule has 0 aliphatic carbocycles. The van der Waals surface area contributed by atoms with E-state index in [4.69, 9.17) is 4.98 Å². The van der Waals surface area contributed by atoms with Gasteiger partial charge in [-0.1, -0.05) is 18.2 Å². The molecule has 27 heavy (non-hydrogen) atoms. The lowest BCUT2D eigenvalue weighted by atomic mass is 10.1. The summed E-state index contributed by atoms with van der Waals surface area (Å²) in [6.45, 7) is 0.676. The van der Waals surface area contributed by atoms with Gasteiger partial charge in [0.05, 0.1) is 17.9 Å². The third kappa shape index (κ3) is 3.84. The average Bonchev–Trinajstić information content (AvgIpc) is 3.18. The molecule has 2 aromatic heterocycles. The fraction of sp³-hybridized carbons (Fsp3) is 0.238. The molecule has 1 aliphatic rings. The monoisotopic (exact) mass is 362 g/mol. The van der Waals surface area contributed by atoms with E-state index in [0.717, 1.165) is 29.8 Å². The molecule has 1 saturated heterocycles. The Bertz CT molecular complexity index is 948. The Kier molecular flexibility index (Phi) is 4.87. The number of amides is 1. The van der Waals surface area contributed by atoms with Gasteiger partial charge in [-0.25, -0.2) is 9.37 Å². The molecule has 0 spiro atoms. The maximum Gasteiger partial charge on any atom is 0.274 e. The quantitative estimate of drug-likeness (QED) is 0.712. The minimum atomic E-state index is -0.250. The maximum absolute atomic E-state index is 13.4. The van der Waals surface area contributed by atoms with Crippen LogP contribution in [0.15, 0.2) is 61.1 Å². The van der Waals surface area contributed by atoms with Crippen LogP contribution in [-0.4, -0.2) is 32.3 Å². The zero-order valence-corrected chi connectivity index (χ0v) is 14.8. The van der Waals surface area contributed by atoms with Crippen LogP contribution in [0.1, 0.15) is 46.3 Å². The van der Waals surface area contributed by atoms with Crippen LogP contribution >= 0.6 is 0 Å². The highest BCUT2D eigenvalue weighted by molar-refractivity contribution is 5.92. The third-order valence-electron chi connectivity index (χ3n) is 4.74. The van der Waals surface area contributed by atoms with Crippen LogP contribution < -0.4 is 0 Å². The molecule has 1 aromatic carbocycles. The van der Waals surface area contributed by atoms with Crippen molar-refractivity contribution in [3.63, 3.8) is 0 Å². The molecule has 1 amide bonds. The Morgan fingerprint density at radius 2 is 2.07 bits per heavy atom. The Balaban J connectivity index is 1.56. The number of benzene rings is 1. The topological polar surface area (TPSA) is 59.0 Å². The zero-order valence-electron chi connectivity index (χ0n) is 14.8. The number of likely N-dealkylation sites (tertiary alicyclic amines) is 1. The van der Waals surface area contributed by atoms with Gasteiger partial charge in [-0.05, 0) is 42.7 Å². The van der Waals surface area contributed by atoms with Crippen molar-refractivity contribution < 1.29 is 9.18 Å². The second-order valence-corrected chi connectivity index (χ2v) is 6.61. The highest BCUT2D eigenvalue weighted by Crippen LogP contribution is 2.32. The van der Waals surface area contributed by atoms with Crippen LogP contribution in [0.4, 0.5) is 4.39 Å². The van der Waals surface area contributed by atoms with Crippen LogP contribution in [0.2, 0.25) is 0 Å². The van der Waals surface area contributed by atoms with Gasteiger partial charge in [0.2, 0.25) is 0 Å². The van der Waals surface area contributed by atoms with Gasteiger partial charge in [0.25, 0.3) is 5.91 Å². The van der Waals surface area contributed by atoms with E-state index in [1.54, 1.807) is 12.3 Å². The van der Waals surface area contributed by atoms with E-state index in [-0.39, 0.29) is 17.8 Å². The first kappa shape index (κ1) is 17.3. The summed E-state index contributed by atoms with van der Waals surface area (Å²) in [5.41, 5.74) is 2.94. The van der Waals surface area contributed by atoms with E-state index < -0.39 is 0 Å². The summed E-state index contributed by atoms with van der Waals surface area (Å²) in [5, 5.41) is 0. The first-order valence-corrected chi connectivity index (χ1v) is 8.98. The smallest absolute Gasteiger partial charge is 0.274 e. The van der Waals surface area contributed by atoms with Crippen molar-refractivity contribution in [3.8, 4) is 0 Å². The molecule has 1 fully saturated rings. The molecular formula is C21H19FN4O. The minimum absolute atomic E-state index is 0.0769. The third-order valence-corrected chi connectivity index (χ3v) is 4.74. The fourth-order valence-corrected chi connectivity index (χ4v) is 3.51. The van der Waals surface area contributed by atoms with E-state index in [1.165, 1.54) is 24.5 Å². The van der Waals surface area contributed by atoms with Gasteiger partial charge in [0, 0.05) is 31.1 Å². The molecule has 0 N–H and O–H groups in total. The highest BCUT2D eigenvalue weighted by atomic mass is 19.1. The predicted molar refractivity (Wildman–Crippen MR) is 98.5 cm³/mol. The predicted octanol–water partition coefficient (Wildman–Crippen LogP) is 3.58. The summed E-state index contributed by atoms with van der Waals surface area (Å²) in [6.07, 6.45) is 6.91. The summed E-state index contributed by atoms with van der Waals surface area (Å²) in [7, 11) is 0. The van der Waals surface area contributed by atoms with Gasteiger partial charge in [-0.2, -0.15) is 0 Å². The molecule has 4 rings (SSSR count). The van der Waals surface area contributed by atoms with E-state index in [2.05, 4.69) is 9.97 Å². The lowest BCUT2D eigenvalue weighted by molar-refractivity contribution is 0.0726. The molecule has 3 heterocycles. The first-order chi connectivity index (χ1) is 13.2. The van der Waals surface area contributed by atoms with Crippen LogP contribution in [-0.2, 0) is 6.42 Å². The summed E-state index contributed by atoms with van der Waals surface area (Å²) >= 11 is 0. The molecule has 1 atom stereocenters. The van der Waals surface area contributed by atoms with E-state index in [0.29, 0.717) is 18.7 Å². The summed E-state index contributed by atoms with van der Waals surface area (Å²) in [5.74, 6) is -0.372. The van der Waals surface area contributed by atoms with Crippen molar-refractivity contribution in [1.29, 1.82) is 0 Å². The Hall–Kier alpha value is -3.15. The molecule has 0 bridgehead atoms. The molecule has 3 aromatic rings. The van der Waals surface area contributed by atoms with Crippen molar-refractivity contribution in [1.82, 2.24) is 19.9 Å². The summed E-state index contributed by atoms with van der Waals surface area (Å²) in [4.78, 5) is 27.5. The van der Waals surface area contributed by atoms with Crippen molar-refractivity contribution in [2.75, 3.05) is 6.54 Å². The van der Waals surface area contributed by atoms with Crippen LogP contribution in [0.3, 0.4) is 0 Å². The summed E-state index contributed by atoms with van der Waals surface area (Å²) in [6, 6.07) is 12.3. The largest absolute Gasteiger partial charge is 0.329 e. The van der Waals surface area contributed by atoms with Crippen LogP contribution in [0.25, 0.3) is 0 Å². The fourth-order valence-electron chi connectivity index (χ4n) is 3.51. The maximum atomic E-state index is 13.4. The number of aromatic nitrogens is 3. The van der Waals surface area contributed by atoms with Crippen molar-refractivity contribution in [3.05, 3.63) is 89.5 Å². The molecule has 0 radical (unpaired) electrons. The normalized spacial score (nSPS) is 16.5. The molecule has 0 unspecified atom stereocenters. The summed E-state index contributed by atoms with van der Waals surface area (Å²) < 4.78 is 13.4. The van der Waals surface area contributed by atoms with Crippen LogP contribution in [0, 0.1) is 5.82 Å². The number of carbonyl (C=O) groups excluding carboxylic acids is 1. The second-order valence-electron chi connectivity index (χ2n) is 6.61. The zero-order chi connectivity index (χ0) is 18.6. The second kappa shape index (κ2) is 7.61. The van der Waals surface area contributed by atoms with Gasteiger partial charge in [0.15, 0.2) is 0 Å². The van der Waals surface area contributed by atoms with E-state index in [9.17, 15) is 9.18 Å². The van der Waals surface area contributed by atoms with Gasteiger partial charge in [-0.15, -0.1) is 0 Å². The standard InChI is InChI=1S/C21H19FN4O/c22-16-5-1-4-15(12-16)13-17-6-2-7-18(25-17)20-8-3-11-26(20)21(27)19-14-23-9-10-24-19/h1-2,4-7,9-10,12,14,20H,3,8,11,13H2/t20-/m1/s1. The van der Waals surface area contributed by atoms with Gasteiger partial charge in [0.1, 0.15) is 11.5 Å². The minimum Gasteiger partial charge on any atom is -0.329 e. The first-order valence-electron chi connectivity index (χ1n) is 8.98. The molecular weight excluding hydrogens is 343 g/mol. The lowest BCUT2D eigenvalue weighted by Crippen LogP contribution is -2.31. The Labute approximate surface area is 156 Å². The van der Waals surface area contributed by atoms with Gasteiger partial charge in [-0.3, -0.25) is 14.8 Å². The SMILES string of the molecule is O=C(c1cnccn1)N1CCC[C@@H]1c1cccc(Cc2cccc(F)c2)n1. The van der Waals surface area contributed by atoms with E-state index in [1.807, 2.05) is 29.2 Å². The van der Waals surface area contributed by atoms with Crippen molar-refractivity contribution in [2.45, 2.75) is 25.3 Å². The number of rotatable bonds is 4. The molecule has 6 heteroatoms. The number of hydrogen-bond donors (Lipinski definition) is 0. The van der Waals surface area contributed by atoms with E-state index >= 15 is 0 Å². The molecule has 136 valence electrons. The van der Waals surface area contributed by atoms with Crippen LogP contribution in [0.5, 0.6) is 0 Å². The number of hydrogen-bond acceptors (Lipinski definition) is 4. The number of halogens is 1. The van der Waals surface area contributed by atoms with Crippen molar-refractivity contribution >= 4 is 5.91 Å². The highest BCUT2D eigenvalue weighted by Gasteiger charge is 2.32. The molecule has 5 nitrogen and oxygen atoms in total. The molecule has 0 saturated carbocycles. The Morgan fingerprint density at radius 1 is 1.19 bits per heavy atom. The molecule has 1 aliphatic heterocycles. The Morgan fingerprint density at radius 3 is 2.89 bits per heavy atom. The van der Waals surface area contributed by atoms with Crippen molar-refractivity contribution in [2.24, 2.45) is 0 Å². The number of carbonyl (C=O) groups is 1. The van der Waals surface area contributed by atoms with Gasteiger partial charge >= 0.3 is 0 Å². The number of pyridine rings is 1. The lowest BCUT2D eigenvalue weighted by Gasteiger charge is -2.24. The van der Waals surface area contributed by atoms with Gasteiger partial charge < -0.3 is 4.90 Å². The number of nitrogens with zero attached hydrogens (tertiary/aromatic N) is 4.